The van der Waals surface area contributed by atoms with E-state index in [0.717, 1.165) is 49.7 Å². The Morgan fingerprint density at radius 1 is 1.12 bits per heavy atom. The number of nitrogens with one attached hydrogen (secondary N) is 1. The zero-order chi connectivity index (χ0) is 22.6. The van der Waals surface area contributed by atoms with Gasteiger partial charge in [0.1, 0.15) is 0 Å². The van der Waals surface area contributed by atoms with Gasteiger partial charge < -0.3 is 10.2 Å². The normalized spacial score (nSPS) is 36.8. The highest BCUT2D eigenvalue weighted by molar-refractivity contribution is 6.33. The number of nitrogens with zero attached hydrogens (tertiary/aromatic N) is 1. The van der Waals surface area contributed by atoms with Crippen LogP contribution in [0.1, 0.15) is 93.0 Å². The Kier molecular flexibility index (Phi) is 5.81. The van der Waals surface area contributed by atoms with E-state index >= 15 is 0 Å². The van der Waals surface area contributed by atoms with Crippen molar-refractivity contribution in [2.45, 2.75) is 89.5 Å². The number of amides is 1. The minimum Gasteiger partial charge on any atom is -0.351 e. The molecule has 5 saturated carbocycles. The third-order valence-electron chi connectivity index (χ3n) is 10.7. The van der Waals surface area contributed by atoms with E-state index in [4.69, 9.17) is 11.6 Å². The number of halogens is 1. The fraction of sp³-hybridized carbons (Fsp3) is 0.759. The van der Waals surface area contributed by atoms with Crippen LogP contribution < -0.4 is 5.32 Å². The van der Waals surface area contributed by atoms with Crippen LogP contribution in [0.15, 0.2) is 18.2 Å². The molecule has 1 aromatic carbocycles. The quantitative estimate of drug-likeness (QED) is 0.473. The fourth-order valence-corrected chi connectivity index (χ4v) is 9.45. The Hall–Kier alpha value is -1.06. The molecule has 4 heteroatoms. The van der Waals surface area contributed by atoms with Gasteiger partial charge in [0.2, 0.25) is 0 Å². The van der Waals surface area contributed by atoms with Gasteiger partial charge >= 0.3 is 0 Å². The van der Waals surface area contributed by atoms with Crippen LogP contribution in [0.4, 0.5) is 0 Å². The molecule has 5 aliphatic rings. The molecule has 5 unspecified atom stereocenters. The van der Waals surface area contributed by atoms with Gasteiger partial charge in [-0.1, -0.05) is 36.9 Å². The smallest absolute Gasteiger partial charge is 0.252 e. The molecule has 180 valence electrons. The van der Waals surface area contributed by atoms with Crippen LogP contribution >= 0.6 is 11.6 Å². The molecule has 1 amide bonds. The largest absolute Gasteiger partial charge is 0.351 e. The van der Waals surface area contributed by atoms with Crippen molar-refractivity contribution in [3.05, 3.63) is 34.3 Å². The number of rotatable bonds is 8. The predicted octanol–water partition coefficient (Wildman–Crippen LogP) is 6.48. The molecule has 5 aliphatic carbocycles. The van der Waals surface area contributed by atoms with E-state index in [1.807, 2.05) is 12.1 Å². The number of carbonyl (C=O) groups is 1. The highest BCUT2D eigenvalue weighted by atomic mass is 35.5. The van der Waals surface area contributed by atoms with E-state index in [-0.39, 0.29) is 5.91 Å². The second-order valence-corrected chi connectivity index (χ2v) is 13.0. The molecule has 0 aromatic heterocycles. The van der Waals surface area contributed by atoms with E-state index in [9.17, 15) is 4.79 Å². The van der Waals surface area contributed by atoms with Crippen molar-refractivity contribution >= 4 is 17.5 Å². The first kappa shape index (κ1) is 22.4. The van der Waals surface area contributed by atoms with Crippen LogP contribution in [0, 0.1) is 28.6 Å². The third-order valence-corrected chi connectivity index (χ3v) is 11.0. The third kappa shape index (κ3) is 3.96. The Morgan fingerprint density at radius 3 is 2.82 bits per heavy atom. The molecule has 1 aromatic rings. The molecule has 1 N–H and O–H groups in total. The van der Waals surface area contributed by atoms with Crippen molar-refractivity contribution < 1.29 is 4.79 Å². The van der Waals surface area contributed by atoms with Gasteiger partial charge in [-0.3, -0.25) is 4.79 Å². The monoisotopic (exact) mass is 468 g/mol. The average molecular weight is 469 g/mol. The van der Waals surface area contributed by atoms with E-state index < -0.39 is 0 Å². The van der Waals surface area contributed by atoms with E-state index in [1.54, 1.807) is 0 Å². The van der Waals surface area contributed by atoms with E-state index in [1.165, 1.54) is 76.2 Å². The molecule has 6 rings (SSSR count). The first-order chi connectivity index (χ1) is 16.0. The molecule has 0 aliphatic heterocycles. The summed E-state index contributed by atoms with van der Waals surface area (Å²) in [7, 11) is 2.28. The van der Waals surface area contributed by atoms with Gasteiger partial charge in [-0.15, -0.1) is 0 Å². The number of benzene rings is 1. The highest BCUT2D eigenvalue weighted by Crippen LogP contribution is 2.78. The molecule has 1 spiro atoms. The van der Waals surface area contributed by atoms with Gasteiger partial charge in [-0.05, 0) is 124 Å². The molecule has 0 heterocycles. The summed E-state index contributed by atoms with van der Waals surface area (Å²) < 4.78 is 0. The minimum absolute atomic E-state index is 0.0294. The summed E-state index contributed by atoms with van der Waals surface area (Å²) >= 11 is 6.49. The van der Waals surface area contributed by atoms with Crippen LogP contribution in [0.3, 0.4) is 0 Å². The lowest BCUT2D eigenvalue weighted by atomic mass is 9.55. The molecule has 0 saturated heterocycles. The van der Waals surface area contributed by atoms with Crippen LogP contribution in [0.5, 0.6) is 0 Å². The fourth-order valence-electron chi connectivity index (χ4n) is 9.25. The Bertz CT molecular complexity index is 907. The van der Waals surface area contributed by atoms with Gasteiger partial charge in [0.15, 0.2) is 0 Å². The molecule has 5 atom stereocenters. The zero-order valence-electron chi connectivity index (χ0n) is 20.4. The summed E-state index contributed by atoms with van der Waals surface area (Å²) in [6, 6.07) is 6.84. The van der Waals surface area contributed by atoms with Gasteiger partial charge in [0, 0.05) is 12.6 Å². The van der Waals surface area contributed by atoms with Crippen molar-refractivity contribution in [3.63, 3.8) is 0 Å². The van der Waals surface area contributed by atoms with Crippen molar-refractivity contribution in [2.75, 3.05) is 20.1 Å². The molecule has 0 radical (unpaired) electrons. The predicted molar refractivity (Wildman–Crippen MR) is 135 cm³/mol. The number of fused-ring (bicyclic) bond motifs is 2. The van der Waals surface area contributed by atoms with Crippen molar-refractivity contribution in [1.82, 2.24) is 10.2 Å². The van der Waals surface area contributed by atoms with Crippen molar-refractivity contribution in [1.29, 1.82) is 0 Å². The van der Waals surface area contributed by atoms with Gasteiger partial charge in [0.05, 0.1) is 10.6 Å². The lowest BCUT2D eigenvalue weighted by molar-refractivity contribution is -0.00253. The SMILES string of the molecule is CN(CCCc1ccc(Cl)c(C(=O)NCC23CC4CC5CC(C2)C5(C4)C3)c1)C1CCCCC1. The zero-order valence-corrected chi connectivity index (χ0v) is 21.1. The number of carbonyl (C=O) groups excluding carboxylic acids is 1. The second-order valence-electron chi connectivity index (χ2n) is 12.6. The summed E-state index contributed by atoms with van der Waals surface area (Å²) in [4.78, 5) is 15.7. The Labute approximate surface area is 205 Å². The van der Waals surface area contributed by atoms with Crippen molar-refractivity contribution in [3.8, 4) is 0 Å². The first-order valence-electron chi connectivity index (χ1n) is 13.7. The summed E-state index contributed by atoms with van der Waals surface area (Å²) in [6.07, 6.45) is 17.5. The summed E-state index contributed by atoms with van der Waals surface area (Å²) in [6.45, 7) is 1.97. The molecule has 5 fully saturated rings. The lowest BCUT2D eigenvalue weighted by Crippen LogP contribution is -2.43. The standard InChI is InChI=1S/C29H41ClN2O/c1-32(24-7-3-2-4-8-24)11-5-6-20-9-10-26(30)25(13-20)27(33)31-19-28-15-21-12-22-14-23(17-28)29(22,16-21)18-28/h9-10,13,21-24H,2-8,11-12,14-19H2,1H3,(H,31,33). The molecular weight excluding hydrogens is 428 g/mol. The lowest BCUT2D eigenvalue weighted by Gasteiger charge is -2.49. The van der Waals surface area contributed by atoms with Crippen LogP contribution in [0.25, 0.3) is 0 Å². The van der Waals surface area contributed by atoms with Gasteiger partial charge in [0.25, 0.3) is 5.91 Å². The Morgan fingerprint density at radius 2 is 1.97 bits per heavy atom. The van der Waals surface area contributed by atoms with E-state index in [0.29, 0.717) is 21.4 Å². The summed E-state index contributed by atoms with van der Waals surface area (Å²) in [5.41, 5.74) is 2.94. The number of aryl methyl sites for hydroxylation is 1. The summed E-state index contributed by atoms with van der Waals surface area (Å²) in [5.74, 6) is 2.91. The molecule has 33 heavy (non-hydrogen) atoms. The molecule has 3 bridgehead atoms. The van der Waals surface area contributed by atoms with Gasteiger partial charge in [-0.25, -0.2) is 0 Å². The average Bonchev–Trinajstić information content (AvgIpc) is 3.14. The number of hydrogen-bond acceptors (Lipinski definition) is 2. The highest BCUT2D eigenvalue weighted by Gasteiger charge is 2.70. The molecular formula is C29H41ClN2O. The summed E-state index contributed by atoms with van der Waals surface area (Å²) in [5, 5.41) is 3.93. The topological polar surface area (TPSA) is 32.3 Å². The maximum atomic E-state index is 13.2. The minimum atomic E-state index is 0.0294. The molecule has 3 nitrogen and oxygen atoms in total. The maximum Gasteiger partial charge on any atom is 0.252 e. The van der Waals surface area contributed by atoms with Crippen molar-refractivity contribution in [2.24, 2.45) is 28.6 Å². The second kappa shape index (κ2) is 8.55. The van der Waals surface area contributed by atoms with Crippen LogP contribution in [-0.2, 0) is 6.42 Å². The van der Waals surface area contributed by atoms with Crippen LogP contribution in [0.2, 0.25) is 5.02 Å². The van der Waals surface area contributed by atoms with Gasteiger partial charge in [-0.2, -0.15) is 0 Å². The maximum absolute atomic E-state index is 13.2. The first-order valence-corrected chi connectivity index (χ1v) is 14.1. The Balaban J connectivity index is 1.04. The van der Waals surface area contributed by atoms with E-state index in [2.05, 4.69) is 23.3 Å². The number of hydrogen-bond donors (Lipinski definition) is 1. The van der Waals surface area contributed by atoms with Crippen LogP contribution in [-0.4, -0.2) is 37.0 Å².